The van der Waals surface area contributed by atoms with E-state index in [9.17, 15) is 23.1 Å². The number of anilines is 2. The number of alkyl halides is 3. The first-order valence-electron chi connectivity index (χ1n) is 11.5. The summed E-state index contributed by atoms with van der Waals surface area (Å²) in [5.74, 6) is -0.171. The molecule has 1 aliphatic carbocycles. The van der Waals surface area contributed by atoms with Gasteiger partial charge in [-0.25, -0.2) is 0 Å². The molecule has 9 nitrogen and oxygen atoms in total. The first-order valence-corrected chi connectivity index (χ1v) is 11.5. The number of carbonyl (C=O) groups excluding carboxylic acids is 1. The van der Waals surface area contributed by atoms with E-state index in [1.165, 1.54) is 23.1 Å². The summed E-state index contributed by atoms with van der Waals surface area (Å²) in [6, 6.07) is 5.93. The predicted molar refractivity (Wildman–Crippen MR) is 127 cm³/mol. The highest BCUT2D eigenvalue weighted by atomic mass is 19.4. The molecule has 12 heteroatoms. The molecule has 3 aromatic rings. The van der Waals surface area contributed by atoms with Crippen molar-refractivity contribution in [3.8, 4) is 11.6 Å². The number of nitrogens with one attached hydrogen (secondary N) is 2. The Morgan fingerprint density at radius 3 is 2.64 bits per heavy atom. The highest BCUT2D eigenvalue weighted by Crippen LogP contribution is 2.34. The molecule has 0 bridgehead atoms. The Morgan fingerprint density at radius 1 is 1.25 bits per heavy atom. The Labute approximate surface area is 205 Å². The van der Waals surface area contributed by atoms with Gasteiger partial charge in [-0.2, -0.15) is 23.1 Å². The average Bonchev–Trinajstić information content (AvgIpc) is 3.27. The molecule has 36 heavy (non-hydrogen) atoms. The molecule has 2 heterocycles. The van der Waals surface area contributed by atoms with Gasteiger partial charge in [0.2, 0.25) is 11.8 Å². The van der Waals surface area contributed by atoms with Crippen LogP contribution in [-0.4, -0.2) is 69.4 Å². The second-order valence-electron chi connectivity index (χ2n) is 9.35. The molecule has 1 aromatic carbocycles. The summed E-state index contributed by atoms with van der Waals surface area (Å²) in [4.78, 5) is 25.5. The summed E-state index contributed by atoms with van der Waals surface area (Å²) in [6.45, 7) is 0.272. The number of carbonyl (C=O) groups is 1. The molecule has 3 N–H and O–H groups in total. The maximum atomic E-state index is 12.9. The van der Waals surface area contributed by atoms with E-state index >= 15 is 0 Å². The van der Waals surface area contributed by atoms with Crippen LogP contribution in [0.25, 0.3) is 11.0 Å². The molecule has 2 aromatic heterocycles. The molecule has 1 amide bonds. The first kappa shape index (κ1) is 25.5. The SMILES string of the molecule is CN(C)C(=O)c1ccc(Nc2nc(OC3CCC(C)(O)CC3)c3cc[nH]c3n2)c(OCC(F)(F)F)c1. The highest BCUT2D eigenvalue weighted by molar-refractivity contribution is 5.95. The zero-order valence-corrected chi connectivity index (χ0v) is 20.1. The van der Waals surface area contributed by atoms with Crippen LogP contribution in [0.15, 0.2) is 30.5 Å². The number of aromatic nitrogens is 3. The Kier molecular flexibility index (Phi) is 6.98. The lowest BCUT2D eigenvalue weighted by Crippen LogP contribution is -2.35. The molecule has 194 valence electrons. The summed E-state index contributed by atoms with van der Waals surface area (Å²) in [5.41, 5.74) is 0.0810. The summed E-state index contributed by atoms with van der Waals surface area (Å²) >= 11 is 0. The number of aliphatic hydroxyl groups is 1. The van der Waals surface area contributed by atoms with E-state index in [1.54, 1.807) is 33.3 Å². The third-order valence-corrected chi connectivity index (χ3v) is 5.94. The number of amides is 1. The van der Waals surface area contributed by atoms with Crippen molar-refractivity contribution in [3.63, 3.8) is 0 Å². The van der Waals surface area contributed by atoms with E-state index in [2.05, 4.69) is 20.3 Å². The third kappa shape index (κ3) is 6.17. The Hall–Kier alpha value is -3.54. The Morgan fingerprint density at radius 2 is 1.97 bits per heavy atom. The minimum Gasteiger partial charge on any atom is -0.482 e. The molecule has 0 unspecified atom stereocenters. The molecule has 4 rings (SSSR count). The normalized spacial score (nSPS) is 20.2. The Balaban J connectivity index is 1.62. The highest BCUT2D eigenvalue weighted by Gasteiger charge is 2.31. The van der Waals surface area contributed by atoms with Gasteiger partial charge in [0.25, 0.3) is 5.91 Å². The van der Waals surface area contributed by atoms with Crippen LogP contribution in [0.1, 0.15) is 43.0 Å². The first-order chi connectivity index (χ1) is 16.9. The number of hydrogen-bond acceptors (Lipinski definition) is 7. The van der Waals surface area contributed by atoms with E-state index < -0.39 is 18.4 Å². The minimum absolute atomic E-state index is 0.0753. The number of aromatic amines is 1. The second kappa shape index (κ2) is 9.84. The van der Waals surface area contributed by atoms with Crippen LogP contribution in [-0.2, 0) is 0 Å². The molecule has 0 aliphatic heterocycles. The van der Waals surface area contributed by atoms with Gasteiger partial charge in [0.15, 0.2) is 6.61 Å². The standard InChI is InChI=1S/C24H28F3N5O4/c1-23(34)9-6-15(7-10-23)36-20-16-8-11-28-19(16)30-22(31-20)29-17-5-4-14(21(33)32(2)3)12-18(17)35-13-24(25,26)27/h4-5,8,11-12,15,34H,6-7,9-10,13H2,1-3H3,(H2,28,29,30,31). The Bertz CT molecular complexity index is 1230. The minimum atomic E-state index is -4.57. The number of H-pyrrole nitrogens is 1. The van der Waals surface area contributed by atoms with E-state index in [0.29, 0.717) is 42.6 Å². The lowest BCUT2D eigenvalue weighted by molar-refractivity contribution is -0.153. The van der Waals surface area contributed by atoms with Crippen molar-refractivity contribution in [1.82, 2.24) is 19.9 Å². The van der Waals surface area contributed by atoms with Crippen LogP contribution in [0.3, 0.4) is 0 Å². The van der Waals surface area contributed by atoms with Gasteiger partial charge in [-0.3, -0.25) is 4.79 Å². The van der Waals surface area contributed by atoms with E-state index in [4.69, 9.17) is 9.47 Å². The molecular formula is C24H28F3N5O4. The van der Waals surface area contributed by atoms with Crippen molar-refractivity contribution in [1.29, 1.82) is 0 Å². The molecule has 0 saturated heterocycles. The zero-order valence-electron chi connectivity index (χ0n) is 20.1. The van der Waals surface area contributed by atoms with Gasteiger partial charge in [-0.1, -0.05) is 0 Å². The number of ether oxygens (including phenoxy) is 2. The number of nitrogens with zero attached hydrogens (tertiary/aromatic N) is 3. The monoisotopic (exact) mass is 507 g/mol. The fourth-order valence-electron chi connectivity index (χ4n) is 3.96. The van der Waals surface area contributed by atoms with E-state index in [0.717, 1.165) is 0 Å². The number of fused-ring (bicyclic) bond motifs is 1. The number of halogens is 3. The van der Waals surface area contributed by atoms with Gasteiger partial charge >= 0.3 is 6.18 Å². The largest absolute Gasteiger partial charge is 0.482 e. The lowest BCUT2D eigenvalue weighted by Gasteiger charge is -2.32. The van der Waals surface area contributed by atoms with Crippen LogP contribution in [0, 0.1) is 0 Å². The molecule has 0 radical (unpaired) electrons. The van der Waals surface area contributed by atoms with E-state index in [1.807, 2.05) is 0 Å². The number of hydrogen-bond donors (Lipinski definition) is 3. The quantitative estimate of drug-likeness (QED) is 0.434. The van der Waals surface area contributed by atoms with E-state index in [-0.39, 0.29) is 35.0 Å². The molecule has 0 atom stereocenters. The van der Waals surface area contributed by atoms with Crippen molar-refractivity contribution in [2.45, 2.75) is 50.5 Å². The van der Waals surface area contributed by atoms with Gasteiger partial charge in [0.05, 0.1) is 16.7 Å². The average molecular weight is 508 g/mol. The molecule has 1 fully saturated rings. The fourth-order valence-corrected chi connectivity index (χ4v) is 3.96. The number of rotatable bonds is 7. The van der Waals surface area contributed by atoms with Crippen LogP contribution < -0.4 is 14.8 Å². The van der Waals surface area contributed by atoms with Crippen molar-refractivity contribution in [3.05, 3.63) is 36.0 Å². The third-order valence-electron chi connectivity index (χ3n) is 5.94. The van der Waals surface area contributed by atoms with Crippen LogP contribution >= 0.6 is 0 Å². The second-order valence-corrected chi connectivity index (χ2v) is 9.35. The fraction of sp³-hybridized carbons (Fsp3) is 0.458. The molecular weight excluding hydrogens is 479 g/mol. The van der Waals surface area contributed by atoms with Crippen LogP contribution in [0.2, 0.25) is 0 Å². The van der Waals surface area contributed by atoms with Crippen LogP contribution in [0.4, 0.5) is 24.8 Å². The molecule has 1 aliphatic rings. The van der Waals surface area contributed by atoms with Gasteiger partial charge in [-0.15, -0.1) is 0 Å². The number of benzene rings is 1. The van der Waals surface area contributed by atoms with Crippen LogP contribution in [0.5, 0.6) is 11.6 Å². The summed E-state index contributed by atoms with van der Waals surface area (Å²) in [7, 11) is 3.08. The summed E-state index contributed by atoms with van der Waals surface area (Å²) in [6.07, 6.45) is -0.520. The topological polar surface area (TPSA) is 113 Å². The van der Waals surface area contributed by atoms with Gasteiger partial charge < -0.3 is 29.8 Å². The van der Waals surface area contributed by atoms with Crippen molar-refractivity contribution in [2.24, 2.45) is 0 Å². The smallest absolute Gasteiger partial charge is 0.422 e. The maximum Gasteiger partial charge on any atom is 0.422 e. The van der Waals surface area contributed by atoms with Gasteiger partial charge in [-0.05, 0) is 56.9 Å². The maximum absolute atomic E-state index is 12.9. The summed E-state index contributed by atoms with van der Waals surface area (Å²) in [5, 5.41) is 13.8. The molecule has 0 spiro atoms. The van der Waals surface area contributed by atoms with Crippen molar-refractivity contribution in [2.75, 3.05) is 26.0 Å². The van der Waals surface area contributed by atoms with Gasteiger partial charge in [0.1, 0.15) is 17.5 Å². The lowest BCUT2D eigenvalue weighted by atomic mass is 9.85. The van der Waals surface area contributed by atoms with Gasteiger partial charge in [0, 0.05) is 25.9 Å². The summed E-state index contributed by atoms with van der Waals surface area (Å²) < 4.78 is 49.8. The molecule has 1 saturated carbocycles. The zero-order chi connectivity index (χ0) is 26.1. The van der Waals surface area contributed by atoms with Crippen molar-refractivity contribution < 1.29 is 32.5 Å². The van der Waals surface area contributed by atoms with Crippen molar-refractivity contribution >= 4 is 28.6 Å². The predicted octanol–water partition coefficient (Wildman–Crippen LogP) is 4.42.